The van der Waals surface area contributed by atoms with Gasteiger partial charge in [-0.2, -0.15) is 0 Å². The number of rotatable bonds is 7. The number of ether oxygens (including phenoxy) is 1. The number of carbonyl (C=O) groups is 1. The third kappa shape index (κ3) is 4.93. The van der Waals surface area contributed by atoms with Crippen molar-refractivity contribution >= 4 is 38.9 Å². The normalized spacial score (nSPS) is 11.0. The van der Waals surface area contributed by atoms with Crippen molar-refractivity contribution in [2.45, 2.75) is 11.8 Å². The minimum Gasteiger partial charge on any atom is -0.495 e. The number of benzene rings is 3. The van der Waals surface area contributed by atoms with Crippen molar-refractivity contribution in [2.75, 3.05) is 23.3 Å². The number of carbonyl (C=O) groups excluding carboxylic acids is 1. The van der Waals surface area contributed by atoms with Crippen LogP contribution in [-0.4, -0.2) is 28.0 Å². The van der Waals surface area contributed by atoms with Crippen molar-refractivity contribution in [3.8, 4) is 5.75 Å². The van der Waals surface area contributed by atoms with E-state index in [1.54, 1.807) is 54.6 Å². The van der Waals surface area contributed by atoms with E-state index in [9.17, 15) is 13.2 Å². The van der Waals surface area contributed by atoms with Crippen LogP contribution in [0.2, 0.25) is 5.02 Å². The summed E-state index contributed by atoms with van der Waals surface area (Å²) in [7, 11) is -2.52. The Bertz CT molecular complexity index is 1150. The predicted octanol–water partition coefficient (Wildman–Crippen LogP) is 4.49. The average molecular weight is 445 g/mol. The van der Waals surface area contributed by atoms with Gasteiger partial charge in [0.15, 0.2) is 0 Å². The molecule has 0 aromatic heterocycles. The first kappa shape index (κ1) is 21.7. The average Bonchev–Trinajstić information content (AvgIpc) is 2.72. The second-order valence-electron chi connectivity index (χ2n) is 6.55. The number of hydrogen-bond acceptors (Lipinski definition) is 4. The Morgan fingerprint density at radius 3 is 2.40 bits per heavy atom. The molecule has 3 aromatic rings. The van der Waals surface area contributed by atoms with Gasteiger partial charge in [0.2, 0.25) is 5.91 Å². The molecule has 0 heterocycles. The Morgan fingerprint density at radius 1 is 1.03 bits per heavy atom. The number of amides is 1. The maximum Gasteiger partial charge on any atom is 0.264 e. The third-order valence-electron chi connectivity index (χ3n) is 4.37. The van der Waals surface area contributed by atoms with E-state index in [0.717, 1.165) is 9.87 Å². The Morgan fingerprint density at radius 2 is 1.73 bits per heavy atom. The molecule has 3 aromatic carbocycles. The zero-order valence-electron chi connectivity index (χ0n) is 16.5. The summed E-state index contributed by atoms with van der Waals surface area (Å²) in [6, 6.07) is 19.7. The van der Waals surface area contributed by atoms with E-state index < -0.39 is 22.5 Å². The van der Waals surface area contributed by atoms with E-state index >= 15 is 0 Å². The highest BCUT2D eigenvalue weighted by Crippen LogP contribution is 2.27. The molecule has 0 radical (unpaired) electrons. The molecule has 0 fully saturated rings. The lowest BCUT2D eigenvalue weighted by molar-refractivity contribution is -0.114. The van der Waals surface area contributed by atoms with Gasteiger partial charge in [0.05, 0.1) is 23.4 Å². The monoisotopic (exact) mass is 444 g/mol. The summed E-state index contributed by atoms with van der Waals surface area (Å²) >= 11 is 6.07. The number of halogens is 1. The standard InChI is InChI=1S/C22H21ClN2O4S/c1-16-10-12-19(13-11-16)30(27,28)25(18-7-5-6-17(23)14-18)15-22(26)24-20-8-3-4-9-21(20)29-2/h3-14H,15H2,1-2H3,(H,24,26). The van der Waals surface area contributed by atoms with Crippen LogP contribution < -0.4 is 14.4 Å². The van der Waals surface area contributed by atoms with Gasteiger partial charge >= 0.3 is 0 Å². The zero-order valence-corrected chi connectivity index (χ0v) is 18.1. The van der Waals surface area contributed by atoms with Crippen LogP contribution in [0.4, 0.5) is 11.4 Å². The lowest BCUT2D eigenvalue weighted by atomic mass is 10.2. The lowest BCUT2D eigenvalue weighted by Gasteiger charge is -2.24. The van der Waals surface area contributed by atoms with Crippen molar-refractivity contribution in [3.05, 3.63) is 83.4 Å². The van der Waals surface area contributed by atoms with Crippen LogP contribution in [0.5, 0.6) is 5.75 Å². The Kier molecular flexibility index (Phi) is 6.64. The highest BCUT2D eigenvalue weighted by molar-refractivity contribution is 7.92. The van der Waals surface area contributed by atoms with Gasteiger partial charge in [0, 0.05) is 5.02 Å². The second kappa shape index (κ2) is 9.19. The quantitative estimate of drug-likeness (QED) is 0.582. The molecular formula is C22H21ClN2O4S. The molecule has 1 amide bonds. The molecule has 30 heavy (non-hydrogen) atoms. The molecule has 3 rings (SSSR count). The molecule has 0 saturated heterocycles. The van der Waals surface area contributed by atoms with Crippen molar-refractivity contribution in [2.24, 2.45) is 0 Å². The minimum absolute atomic E-state index is 0.0816. The second-order valence-corrected chi connectivity index (χ2v) is 8.85. The van der Waals surface area contributed by atoms with Gasteiger partial charge in [0.25, 0.3) is 10.0 Å². The maximum absolute atomic E-state index is 13.3. The molecular weight excluding hydrogens is 424 g/mol. The van der Waals surface area contributed by atoms with Crippen LogP contribution >= 0.6 is 11.6 Å². The van der Waals surface area contributed by atoms with Gasteiger partial charge < -0.3 is 10.1 Å². The number of aryl methyl sites for hydroxylation is 1. The van der Waals surface area contributed by atoms with Crippen molar-refractivity contribution < 1.29 is 17.9 Å². The van der Waals surface area contributed by atoms with E-state index in [-0.39, 0.29) is 4.90 Å². The van der Waals surface area contributed by atoms with Gasteiger partial charge in [-0.15, -0.1) is 0 Å². The number of para-hydroxylation sites is 2. The Hall–Kier alpha value is -3.03. The van der Waals surface area contributed by atoms with Gasteiger partial charge in [-0.3, -0.25) is 9.10 Å². The van der Waals surface area contributed by atoms with Crippen LogP contribution in [0, 0.1) is 6.92 Å². The van der Waals surface area contributed by atoms with Gasteiger partial charge in [0.1, 0.15) is 12.3 Å². The number of methoxy groups -OCH3 is 1. The molecule has 0 aliphatic carbocycles. The molecule has 0 spiro atoms. The van der Waals surface area contributed by atoms with Crippen LogP contribution in [0.25, 0.3) is 0 Å². The molecule has 156 valence electrons. The number of sulfonamides is 1. The van der Waals surface area contributed by atoms with Crippen molar-refractivity contribution in [1.82, 2.24) is 0 Å². The molecule has 0 atom stereocenters. The number of anilines is 2. The molecule has 1 N–H and O–H groups in total. The Balaban J connectivity index is 1.96. The first-order chi connectivity index (χ1) is 14.3. The summed E-state index contributed by atoms with van der Waals surface area (Å²) in [4.78, 5) is 12.9. The summed E-state index contributed by atoms with van der Waals surface area (Å²) in [6.07, 6.45) is 0. The highest BCUT2D eigenvalue weighted by Gasteiger charge is 2.27. The van der Waals surface area contributed by atoms with E-state index in [0.29, 0.717) is 22.1 Å². The molecule has 0 unspecified atom stereocenters. The van der Waals surface area contributed by atoms with Crippen LogP contribution in [0.3, 0.4) is 0 Å². The Labute approximate surface area is 181 Å². The fourth-order valence-electron chi connectivity index (χ4n) is 2.85. The summed E-state index contributed by atoms with van der Waals surface area (Å²) in [5.74, 6) is -0.0447. The molecule has 0 aliphatic heterocycles. The van der Waals surface area contributed by atoms with E-state index in [4.69, 9.17) is 16.3 Å². The van der Waals surface area contributed by atoms with E-state index in [1.807, 2.05) is 6.92 Å². The molecule has 0 aliphatic rings. The third-order valence-corrected chi connectivity index (χ3v) is 6.40. The fourth-order valence-corrected chi connectivity index (χ4v) is 4.45. The SMILES string of the molecule is COc1ccccc1NC(=O)CN(c1cccc(Cl)c1)S(=O)(=O)c1ccc(C)cc1. The van der Waals surface area contributed by atoms with Gasteiger partial charge in [-0.1, -0.05) is 47.5 Å². The largest absolute Gasteiger partial charge is 0.495 e. The van der Waals surface area contributed by atoms with Gasteiger partial charge in [-0.05, 0) is 49.4 Å². The van der Waals surface area contributed by atoms with Crippen LogP contribution in [0.15, 0.2) is 77.7 Å². The number of nitrogens with one attached hydrogen (secondary N) is 1. The summed E-state index contributed by atoms with van der Waals surface area (Å²) in [6.45, 7) is 1.43. The van der Waals surface area contributed by atoms with Crippen molar-refractivity contribution in [1.29, 1.82) is 0 Å². The molecule has 0 saturated carbocycles. The topological polar surface area (TPSA) is 75.7 Å². The minimum atomic E-state index is -4.01. The van der Waals surface area contributed by atoms with Crippen LogP contribution in [0.1, 0.15) is 5.56 Å². The fraction of sp³-hybridized carbons (Fsp3) is 0.136. The molecule has 0 bridgehead atoms. The maximum atomic E-state index is 13.3. The number of nitrogens with zero attached hydrogens (tertiary/aromatic N) is 1. The summed E-state index contributed by atoms with van der Waals surface area (Å²) in [5.41, 5.74) is 1.67. The van der Waals surface area contributed by atoms with Crippen LogP contribution in [-0.2, 0) is 14.8 Å². The lowest BCUT2D eigenvalue weighted by Crippen LogP contribution is -2.38. The first-order valence-electron chi connectivity index (χ1n) is 9.09. The molecule has 6 nitrogen and oxygen atoms in total. The zero-order chi connectivity index (χ0) is 21.7. The van der Waals surface area contributed by atoms with E-state index in [2.05, 4.69) is 5.32 Å². The number of hydrogen-bond donors (Lipinski definition) is 1. The first-order valence-corrected chi connectivity index (χ1v) is 10.9. The van der Waals surface area contributed by atoms with Gasteiger partial charge in [-0.25, -0.2) is 8.42 Å². The summed E-state index contributed by atoms with van der Waals surface area (Å²) in [5, 5.41) is 3.07. The smallest absolute Gasteiger partial charge is 0.264 e. The summed E-state index contributed by atoms with van der Waals surface area (Å²) < 4.78 is 33.0. The van der Waals surface area contributed by atoms with E-state index in [1.165, 1.54) is 25.3 Å². The predicted molar refractivity (Wildman–Crippen MR) is 119 cm³/mol. The van der Waals surface area contributed by atoms with Crippen molar-refractivity contribution in [3.63, 3.8) is 0 Å². The molecule has 8 heteroatoms. The highest BCUT2D eigenvalue weighted by atomic mass is 35.5.